The summed E-state index contributed by atoms with van der Waals surface area (Å²) in [5, 5.41) is 15.7. The first-order chi connectivity index (χ1) is 12.5. The number of hydrogen-bond acceptors (Lipinski definition) is 5. The molecule has 0 unspecified atom stereocenters. The minimum atomic E-state index is -0.254. The average Bonchev–Trinajstić information content (AvgIpc) is 3.00. The molecule has 0 aliphatic carbocycles. The number of thioether (sulfide) groups is 1. The second kappa shape index (κ2) is 8.41. The molecule has 1 fully saturated rings. The Balaban J connectivity index is 1.81. The van der Waals surface area contributed by atoms with Crippen LogP contribution >= 0.6 is 23.4 Å². The van der Waals surface area contributed by atoms with Gasteiger partial charge in [-0.05, 0) is 45.0 Å². The molecule has 1 saturated heterocycles. The fraction of sp³-hybridized carbons (Fsp3) is 0.500. The minimum Gasteiger partial charge on any atom is -0.319 e. The summed E-state index contributed by atoms with van der Waals surface area (Å²) in [4.78, 5) is 13.7. The lowest BCUT2D eigenvalue weighted by Gasteiger charge is -2.23. The molecule has 0 atom stereocenters. The van der Waals surface area contributed by atoms with E-state index in [1.54, 1.807) is 11.8 Å². The fourth-order valence-corrected chi connectivity index (χ4v) is 4.30. The van der Waals surface area contributed by atoms with Gasteiger partial charge in [0, 0.05) is 10.1 Å². The van der Waals surface area contributed by atoms with Gasteiger partial charge in [0.1, 0.15) is 0 Å². The van der Waals surface area contributed by atoms with E-state index in [1.807, 2.05) is 29.8 Å². The highest BCUT2D eigenvalue weighted by Crippen LogP contribution is 2.36. The van der Waals surface area contributed by atoms with Crippen molar-refractivity contribution in [1.29, 1.82) is 0 Å². The number of carbonyl (C=O) groups is 1. The van der Waals surface area contributed by atoms with Gasteiger partial charge in [-0.25, -0.2) is 4.68 Å². The molecule has 0 bridgehead atoms. The molecule has 1 aliphatic rings. The summed E-state index contributed by atoms with van der Waals surface area (Å²) in [7, 11) is 0. The zero-order chi connectivity index (χ0) is 18.7. The number of piperidine rings is 1. The van der Waals surface area contributed by atoms with E-state index in [4.69, 9.17) is 11.6 Å². The highest BCUT2D eigenvalue weighted by molar-refractivity contribution is 8.00. The van der Waals surface area contributed by atoms with Crippen molar-refractivity contribution >= 4 is 35.0 Å². The van der Waals surface area contributed by atoms with Crippen LogP contribution in [0.5, 0.6) is 0 Å². The lowest BCUT2D eigenvalue weighted by Crippen LogP contribution is -2.30. The van der Waals surface area contributed by atoms with Crippen molar-refractivity contribution < 1.29 is 4.79 Å². The quantitative estimate of drug-likeness (QED) is 0.753. The van der Waals surface area contributed by atoms with Crippen molar-refractivity contribution in [2.24, 2.45) is 0 Å². The predicted octanol–water partition coefficient (Wildman–Crippen LogP) is 3.92. The first-order valence-corrected chi connectivity index (χ1v) is 10.1. The van der Waals surface area contributed by atoms with Gasteiger partial charge in [-0.1, -0.05) is 36.7 Å². The third kappa shape index (κ3) is 4.22. The Morgan fingerprint density at radius 1 is 1.38 bits per heavy atom. The number of anilines is 1. The highest BCUT2D eigenvalue weighted by atomic mass is 35.5. The third-order valence-electron chi connectivity index (χ3n) is 4.37. The normalized spacial score (nSPS) is 15.4. The van der Waals surface area contributed by atoms with Crippen molar-refractivity contribution in [2.45, 2.75) is 49.8 Å². The standard InChI is InChI=1S/C18H24ClN5OS/c1-11(2)26-17-14(19)5-4-6-15(17)21-18(25)16-12(3)24(23-22-16)13-7-9-20-10-8-13/h4-6,11,13,20H,7-10H2,1-3H3,(H,21,25). The Labute approximate surface area is 163 Å². The highest BCUT2D eigenvalue weighted by Gasteiger charge is 2.23. The van der Waals surface area contributed by atoms with Crippen LogP contribution in [0.15, 0.2) is 23.1 Å². The number of nitrogens with zero attached hydrogens (tertiary/aromatic N) is 3. The Morgan fingerprint density at radius 3 is 2.81 bits per heavy atom. The van der Waals surface area contributed by atoms with Crippen LogP contribution in [0.4, 0.5) is 5.69 Å². The molecule has 1 aromatic carbocycles. The molecule has 2 aromatic rings. The van der Waals surface area contributed by atoms with E-state index in [0.29, 0.717) is 27.7 Å². The molecule has 2 heterocycles. The molecule has 26 heavy (non-hydrogen) atoms. The van der Waals surface area contributed by atoms with Gasteiger partial charge in [-0.2, -0.15) is 0 Å². The molecule has 2 N–H and O–H groups in total. The second-order valence-electron chi connectivity index (χ2n) is 6.69. The fourth-order valence-electron chi connectivity index (χ4n) is 3.09. The summed E-state index contributed by atoms with van der Waals surface area (Å²) in [6, 6.07) is 5.83. The number of halogens is 1. The van der Waals surface area contributed by atoms with Crippen molar-refractivity contribution in [1.82, 2.24) is 20.3 Å². The first-order valence-electron chi connectivity index (χ1n) is 8.86. The Hall–Kier alpha value is -1.57. The third-order valence-corrected chi connectivity index (χ3v) is 5.94. The van der Waals surface area contributed by atoms with Gasteiger partial charge >= 0.3 is 0 Å². The van der Waals surface area contributed by atoms with E-state index in [2.05, 4.69) is 34.8 Å². The van der Waals surface area contributed by atoms with Gasteiger partial charge in [0.2, 0.25) is 0 Å². The van der Waals surface area contributed by atoms with Crippen molar-refractivity contribution in [3.8, 4) is 0 Å². The van der Waals surface area contributed by atoms with Crippen molar-refractivity contribution in [3.05, 3.63) is 34.6 Å². The zero-order valence-corrected chi connectivity index (χ0v) is 16.8. The number of amides is 1. The van der Waals surface area contributed by atoms with E-state index in [-0.39, 0.29) is 5.91 Å². The summed E-state index contributed by atoms with van der Waals surface area (Å²) in [5.41, 5.74) is 1.87. The monoisotopic (exact) mass is 393 g/mol. The molecule has 0 radical (unpaired) electrons. The van der Waals surface area contributed by atoms with Crippen LogP contribution in [0.2, 0.25) is 5.02 Å². The van der Waals surface area contributed by atoms with Crippen LogP contribution in [0.1, 0.15) is 48.9 Å². The first kappa shape index (κ1) is 19.2. The molecule has 0 saturated carbocycles. The van der Waals surface area contributed by atoms with E-state index in [9.17, 15) is 4.79 Å². The smallest absolute Gasteiger partial charge is 0.278 e. The Kier molecular flexibility index (Phi) is 6.21. The lowest BCUT2D eigenvalue weighted by molar-refractivity contribution is 0.102. The Bertz CT molecular complexity index is 786. The number of benzene rings is 1. The molecule has 6 nitrogen and oxygen atoms in total. The van der Waals surface area contributed by atoms with Crippen LogP contribution in [-0.4, -0.2) is 39.2 Å². The maximum absolute atomic E-state index is 12.8. The maximum atomic E-state index is 12.8. The molecule has 140 valence electrons. The maximum Gasteiger partial charge on any atom is 0.278 e. The SMILES string of the molecule is Cc1c(C(=O)Nc2cccc(Cl)c2SC(C)C)nnn1C1CCNCC1. The summed E-state index contributed by atoms with van der Waals surface area (Å²) in [5.74, 6) is -0.254. The number of hydrogen-bond donors (Lipinski definition) is 2. The van der Waals surface area contributed by atoms with E-state index in [0.717, 1.165) is 36.5 Å². The van der Waals surface area contributed by atoms with Crippen LogP contribution in [0.3, 0.4) is 0 Å². The summed E-state index contributed by atoms with van der Waals surface area (Å²) < 4.78 is 1.89. The van der Waals surface area contributed by atoms with Crippen LogP contribution < -0.4 is 10.6 Å². The molecule has 1 aliphatic heterocycles. The van der Waals surface area contributed by atoms with Gasteiger partial charge in [-0.3, -0.25) is 4.79 Å². The van der Waals surface area contributed by atoms with Gasteiger partial charge in [-0.15, -0.1) is 16.9 Å². The van der Waals surface area contributed by atoms with Gasteiger partial charge in [0.15, 0.2) is 5.69 Å². The molecule has 8 heteroatoms. The number of aromatic nitrogens is 3. The summed E-state index contributed by atoms with van der Waals surface area (Å²) in [6.07, 6.45) is 1.99. The van der Waals surface area contributed by atoms with Gasteiger partial charge in [0.05, 0.1) is 22.4 Å². The summed E-state index contributed by atoms with van der Waals surface area (Å²) in [6.45, 7) is 8.01. The minimum absolute atomic E-state index is 0.254. The van der Waals surface area contributed by atoms with Crippen LogP contribution in [0, 0.1) is 6.92 Å². The number of nitrogens with one attached hydrogen (secondary N) is 2. The average molecular weight is 394 g/mol. The van der Waals surface area contributed by atoms with E-state index < -0.39 is 0 Å². The number of rotatable bonds is 5. The molecule has 3 rings (SSSR count). The van der Waals surface area contributed by atoms with Crippen LogP contribution in [0.25, 0.3) is 0 Å². The van der Waals surface area contributed by atoms with E-state index >= 15 is 0 Å². The molecule has 1 amide bonds. The van der Waals surface area contributed by atoms with Crippen molar-refractivity contribution in [3.63, 3.8) is 0 Å². The zero-order valence-electron chi connectivity index (χ0n) is 15.3. The lowest BCUT2D eigenvalue weighted by atomic mass is 10.1. The van der Waals surface area contributed by atoms with Gasteiger partial charge in [0.25, 0.3) is 5.91 Å². The second-order valence-corrected chi connectivity index (χ2v) is 8.68. The van der Waals surface area contributed by atoms with Crippen LogP contribution in [-0.2, 0) is 0 Å². The van der Waals surface area contributed by atoms with E-state index in [1.165, 1.54) is 0 Å². The molecular weight excluding hydrogens is 370 g/mol. The van der Waals surface area contributed by atoms with Crippen molar-refractivity contribution in [2.75, 3.05) is 18.4 Å². The molecule has 0 spiro atoms. The topological polar surface area (TPSA) is 71.8 Å². The largest absolute Gasteiger partial charge is 0.319 e. The number of carbonyl (C=O) groups excluding carboxylic acids is 1. The molecule has 1 aromatic heterocycles. The predicted molar refractivity (Wildman–Crippen MR) is 106 cm³/mol. The Morgan fingerprint density at radius 2 is 2.12 bits per heavy atom. The van der Waals surface area contributed by atoms with Gasteiger partial charge < -0.3 is 10.6 Å². The summed E-state index contributed by atoms with van der Waals surface area (Å²) >= 11 is 7.96. The molecular formula is C18H24ClN5OS.